The highest BCUT2D eigenvalue weighted by Crippen LogP contribution is 2.56. The van der Waals surface area contributed by atoms with E-state index in [1.54, 1.807) is 24.3 Å². The Balaban J connectivity index is 1.07. The molecule has 0 aliphatic carbocycles. The summed E-state index contributed by atoms with van der Waals surface area (Å²) < 4.78 is 153. The molecular weight excluding hydrogens is 839 g/mol. The van der Waals surface area contributed by atoms with Crippen LogP contribution >= 0.6 is 0 Å². The van der Waals surface area contributed by atoms with Gasteiger partial charge < -0.3 is 9.47 Å². The number of sulfone groups is 2. The molecule has 61 heavy (non-hydrogen) atoms. The van der Waals surface area contributed by atoms with E-state index in [2.05, 4.69) is 0 Å². The second-order valence-electron chi connectivity index (χ2n) is 14.1. The largest absolute Gasteiger partial charge is 0.457 e. The number of halogens is 6. The normalized spacial score (nSPS) is 12.5. The summed E-state index contributed by atoms with van der Waals surface area (Å²) in [6, 6.07) is 39.3. The summed E-state index contributed by atoms with van der Waals surface area (Å²) in [5, 5.41) is 0. The maximum Gasteiger partial charge on any atom is 0.411 e. The van der Waals surface area contributed by atoms with E-state index in [0.29, 0.717) is 30.7 Å². The zero-order valence-corrected chi connectivity index (χ0v) is 33.6. The Hall–Kier alpha value is -6.38. The van der Waals surface area contributed by atoms with Crippen LogP contribution in [0.25, 0.3) is 0 Å². The molecule has 7 rings (SSSR count). The van der Waals surface area contributed by atoms with Crippen molar-refractivity contribution in [1.29, 1.82) is 0 Å². The van der Waals surface area contributed by atoms with Crippen LogP contribution in [0.15, 0.2) is 196 Å². The lowest BCUT2D eigenvalue weighted by Crippen LogP contribution is -2.54. The number of aryl methyl sites for hydroxylation is 1. The van der Waals surface area contributed by atoms with Crippen LogP contribution in [-0.4, -0.2) is 29.2 Å². The van der Waals surface area contributed by atoms with Gasteiger partial charge in [0, 0.05) is 0 Å². The van der Waals surface area contributed by atoms with Crippen LogP contribution in [-0.2, 0) is 31.5 Å². The van der Waals surface area contributed by atoms with Gasteiger partial charge in [-0.1, -0.05) is 84.4 Å². The average Bonchev–Trinajstić information content (AvgIpc) is 3.22. The third-order valence-corrected chi connectivity index (χ3v) is 13.6. The fourth-order valence-electron chi connectivity index (χ4n) is 6.78. The maximum absolute atomic E-state index is 14.9. The molecule has 7 aromatic rings. The zero-order valence-electron chi connectivity index (χ0n) is 32.0. The minimum Gasteiger partial charge on any atom is -0.457 e. The molecule has 6 nitrogen and oxygen atoms in total. The molecule has 0 bridgehead atoms. The molecule has 0 fully saturated rings. The van der Waals surface area contributed by atoms with Crippen molar-refractivity contribution in [2.45, 2.75) is 50.7 Å². The van der Waals surface area contributed by atoms with Gasteiger partial charge in [0.2, 0.25) is 25.1 Å². The van der Waals surface area contributed by atoms with Crippen molar-refractivity contribution in [2.75, 3.05) is 0 Å². The number of hydrogen-bond acceptors (Lipinski definition) is 6. The highest BCUT2D eigenvalue weighted by molar-refractivity contribution is 7.91. The Kier molecular flexibility index (Phi) is 11.6. The fourth-order valence-corrected chi connectivity index (χ4v) is 9.30. The van der Waals surface area contributed by atoms with E-state index >= 15 is 0 Å². The predicted molar refractivity (Wildman–Crippen MR) is 217 cm³/mol. The maximum atomic E-state index is 14.9. The van der Waals surface area contributed by atoms with E-state index < -0.39 is 48.6 Å². The molecule has 312 valence electrons. The van der Waals surface area contributed by atoms with E-state index in [1.165, 1.54) is 72.8 Å². The van der Waals surface area contributed by atoms with Crippen molar-refractivity contribution in [1.82, 2.24) is 0 Å². The molecule has 0 aromatic heterocycles. The van der Waals surface area contributed by atoms with Crippen LogP contribution in [0.1, 0.15) is 27.8 Å². The molecule has 0 radical (unpaired) electrons. The van der Waals surface area contributed by atoms with Gasteiger partial charge >= 0.3 is 12.4 Å². The zero-order chi connectivity index (χ0) is 43.6. The Bertz CT molecular complexity index is 2810. The molecule has 7 aromatic carbocycles. The summed E-state index contributed by atoms with van der Waals surface area (Å²) in [4.78, 5) is 0.0359. The molecule has 0 heterocycles. The molecule has 0 aliphatic rings. The summed E-state index contributed by atoms with van der Waals surface area (Å²) >= 11 is 0. The molecule has 0 unspecified atom stereocenters. The Labute approximate surface area is 348 Å². The Morgan fingerprint density at radius 2 is 0.689 bits per heavy atom. The van der Waals surface area contributed by atoms with E-state index in [0.717, 1.165) is 41.0 Å². The summed E-state index contributed by atoms with van der Waals surface area (Å²) in [5.41, 5.74) is -3.86. The van der Waals surface area contributed by atoms with Crippen LogP contribution < -0.4 is 9.47 Å². The van der Waals surface area contributed by atoms with Gasteiger partial charge in [-0.25, -0.2) is 16.8 Å². The lowest BCUT2D eigenvalue weighted by Gasteiger charge is -2.38. The molecule has 0 saturated carbocycles. The van der Waals surface area contributed by atoms with Crippen molar-refractivity contribution in [2.24, 2.45) is 0 Å². The standard InChI is InChI=1S/C47H34F6O6S2/c1-32-7-23-41(24-8-32)60(54,55)43-27-19-39(20-28-43)58-37-15-11-35(12-16-37)45(46(48,49)50,47(51,52)53)36-13-17-38(18-14-36)59-40-21-29-44(30-22-40)61(56,57)42-25-9-34(10-26-42)31-33-5-3-2-4-6-33/h2-30H,31H2,1H3. The number of alkyl halides is 6. The van der Waals surface area contributed by atoms with E-state index in [9.17, 15) is 43.2 Å². The van der Waals surface area contributed by atoms with Gasteiger partial charge in [-0.15, -0.1) is 0 Å². The molecule has 0 saturated heterocycles. The molecule has 0 spiro atoms. The van der Waals surface area contributed by atoms with Gasteiger partial charge in [-0.05, 0) is 133 Å². The first-order chi connectivity index (χ1) is 28.9. The van der Waals surface area contributed by atoms with E-state index in [4.69, 9.17) is 9.47 Å². The lowest BCUT2D eigenvalue weighted by molar-refractivity contribution is -0.288. The smallest absolute Gasteiger partial charge is 0.411 e. The Morgan fingerprint density at radius 1 is 0.393 bits per heavy atom. The van der Waals surface area contributed by atoms with Crippen molar-refractivity contribution in [3.8, 4) is 23.0 Å². The summed E-state index contributed by atoms with van der Waals surface area (Å²) in [6.45, 7) is 1.81. The Morgan fingerprint density at radius 3 is 1.03 bits per heavy atom. The third kappa shape index (κ3) is 8.77. The van der Waals surface area contributed by atoms with Crippen LogP contribution in [0.3, 0.4) is 0 Å². The van der Waals surface area contributed by atoms with Crippen LogP contribution in [0.5, 0.6) is 23.0 Å². The second kappa shape index (κ2) is 16.6. The van der Waals surface area contributed by atoms with Crippen molar-refractivity contribution < 1.29 is 52.7 Å². The first-order valence-corrected chi connectivity index (χ1v) is 21.4. The average molecular weight is 873 g/mol. The van der Waals surface area contributed by atoms with Gasteiger partial charge in [-0.3, -0.25) is 0 Å². The molecule has 0 N–H and O–H groups in total. The van der Waals surface area contributed by atoms with Crippen LogP contribution in [0.2, 0.25) is 0 Å². The van der Waals surface area contributed by atoms with Crippen molar-refractivity contribution in [3.05, 3.63) is 204 Å². The molecule has 0 atom stereocenters. The quantitative estimate of drug-likeness (QED) is 0.114. The number of ether oxygens (including phenoxy) is 2. The monoisotopic (exact) mass is 872 g/mol. The molecular formula is C47H34F6O6S2. The summed E-state index contributed by atoms with van der Waals surface area (Å²) in [7, 11) is -7.79. The fraction of sp³-hybridized carbons (Fsp3) is 0.106. The van der Waals surface area contributed by atoms with Crippen LogP contribution in [0, 0.1) is 6.92 Å². The first kappa shape index (κ1) is 42.7. The van der Waals surface area contributed by atoms with Gasteiger partial charge in [0.05, 0.1) is 19.6 Å². The minimum absolute atomic E-state index is 0.0450. The molecule has 0 aliphatic heterocycles. The number of rotatable bonds is 12. The third-order valence-electron chi connectivity index (χ3n) is 9.98. The van der Waals surface area contributed by atoms with Gasteiger partial charge in [0.1, 0.15) is 23.0 Å². The first-order valence-electron chi connectivity index (χ1n) is 18.5. The van der Waals surface area contributed by atoms with Gasteiger partial charge in [-0.2, -0.15) is 26.3 Å². The van der Waals surface area contributed by atoms with Crippen LogP contribution in [0.4, 0.5) is 26.3 Å². The number of hydrogen-bond donors (Lipinski definition) is 0. The SMILES string of the molecule is Cc1ccc(S(=O)(=O)c2ccc(Oc3ccc(C(c4ccc(Oc5ccc(S(=O)(=O)c6ccc(Cc7ccccc7)cc6)cc5)cc4)(C(F)(F)F)C(F)(F)F)cc3)cc2)cc1. The lowest BCUT2D eigenvalue weighted by atomic mass is 9.73. The topological polar surface area (TPSA) is 86.7 Å². The highest BCUT2D eigenvalue weighted by Gasteiger charge is 2.72. The summed E-state index contributed by atoms with van der Waals surface area (Å²) in [6.07, 6.45) is -11.1. The summed E-state index contributed by atoms with van der Waals surface area (Å²) in [5.74, 6) is -0.0331. The van der Waals surface area contributed by atoms with Gasteiger partial charge in [0.15, 0.2) is 0 Å². The second-order valence-corrected chi connectivity index (χ2v) is 18.0. The van der Waals surface area contributed by atoms with Crippen molar-refractivity contribution in [3.63, 3.8) is 0 Å². The molecule has 0 amide bonds. The predicted octanol–water partition coefficient (Wildman–Crippen LogP) is 12.2. The van der Waals surface area contributed by atoms with E-state index in [1.807, 2.05) is 37.3 Å². The van der Waals surface area contributed by atoms with Crippen molar-refractivity contribution >= 4 is 19.7 Å². The minimum atomic E-state index is -5.86. The van der Waals surface area contributed by atoms with E-state index in [-0.39, 0.29) is 42.6 Å². The molecule has 14 heteroatoms. The van der Waals surface area contributed by atoms with Gasteiger partial charge in [0.25, 0.3) is 0 Å². The number of benzene rings is 7. The highest BCUT2D eigenvalue weighted by atomic mass is 32.2.